The molecule has 2 heterocycles. The fraction of sp³-hybridized carbons (Fsp3) is 0.375. The minimum Gasteiger partial charge on any atom is -0.378 e. The maximum absolute atomic E-state index is 11.8. The van der Waals surface area contributed by atoms with Gasteiger partial charge in [0.15, 0.2) is 0 Å². The van der Waals surface area contributed by atoms with E-state index in [0.29, 0.717) is 44.5 Å². The average molecular weight is 329 g/mol. The van der Waals surface area contributed by atoms with Crippen LogP contribution in [-0.2, 0) is 4.74 Å². The minimum absolute atomic E-state index is 0.0647. The Morgan fingerprint density at radius 1 is 1.25 bits per heavy atom. The van der Waals surface area contributed by atoms with Crippen LogP contribution in [0.15, 0.2) is 36.7 Å². The molecule has 1 saturated heterocycles. The van der Waals surface area contributed by atoms with Crippen molar-refractivity contribution in [3.05, 3.63) is 46.8 Å². The maximum atomic E-state index is 11.8. The first-order chi connectivity index (χ1) is 11.7. The quantitative estimate of drug-likeness (QED) is 0.615. The van der Waals surface area contributed by atoms with Gasteiger partial charge >= 0.3 is 5.69 Å². The summed E-state index contributed by atoms with van der Waals surface area (Å²) >= 11 is 0. The molecule has 1 fully saturated rings. The van der Waals surface area contributed by atoms with E-state index in [1.165, 1.54) is 6.33 Å². The molecule has 0 aliphatic carbocycles. The number of morpholine rings is 1. The summed E-state index contributed by atoms with van der Waals surface area (Å²) in [7, 11) is 0. The lowest BCUT2D eigenvalue weighted by Gasteiger charge is -2.28. The van der Waals surface area contributed by atoms with E-state index >= 15 is 0 Å². The molecule has 1 aliphatic heterocycles. The Hall–Kier alpha value is -2.74. The van der Waals surface area contributed by atoms with Crippen molar-refractivity contribution >= 4 is 23.0 Å². The lowest BCUT2D eigenvalue weighted by atomic mass is 10.2. The highest BCUT2D eigenvalue weighted by molar-refractivity contribution is 5.76. The van der Waals surface area contributed by atoms with Crippen molar-refractivity contribution in [2.75, 3.05) is 42.6 Å². The molecule has 0 unspecified atom stereocenters. The van der Waals surface area contributed by atoms with Crippen LogP contribution in [0.5, 0.6) is 0 Å². The van der Waals surface area contributed by atoms with Crippen LogP contribution in [-0.4, -0.2) is 47.7 Å². The molecule has 0 N–H and O–H groups in total. The van der Waals surface area contributed by atoms with Gasteiger partial charge in [0.2, 0.25) is 11.6 Å². The van der Waals surface area contributed by atoms with Crippen LogP contribution in [0.1, 0.15) is 6.92 Å². The molecule has 0 amide bonds. The third-order valence-electron chi connectivity index (χ3n) is 3.92. The summed E-state index contributed by atoms with van der Waals surface area (Å²) in [5, 5.41) is 11.8. The SMILES string of the molecule is CCN(c1ccccc1)c1ncnc(N2CCOCC2)c1[N+](=O)[O-]. The molecule has 0 spiro atoms. The van der Waals surface area contributed by atoms with Crippen molar-refractivity contribution in [2.24, 2.45) is 0 Å². The first kappa shape index (κ1) is 16.1. The number of hydrogen-bond acceptors (Lipinski definition) is 7. The molecule has 8 heteroatoms. The molecule has 126 valence electrons. The van der Waals surface area contributed by atoms with Crippen molar-refractivity contribution in [2.45, 2.75) is 6.92 Å². The molecule has 0 atom stereocenters. The summed E-state index contributed by atoms with van der Waals surface area (Å²) in [4.78, 5) is 23.5. The van der Waals surface area contributed by atoms with E-state index in [1.54, 1.807) is 0 Å². The van der Waals surface area contributed by atoms with Crippen LogP contribution in [0, 0.1) is 10.1 Å². The van der Waals surface area contributed by atoms with Crippen molar-refractivity contribution in [1.82, 2.24) is 9.97 Å². The van der Waals surface area contributed by atoms with E-state index in [-0.39, 0.29) is 5.69 Å². The van der Waals surface area contributed by atoms with Crippen LogP contribution >= 0.6 is 0 Å². The van der Waals surface area contributed by atoms with Gasteiger partial charge in [-0.1, -0.05) is 18.2 Å². The van der Waals surface area contributed by atoms with Crippen molar-refractivity contribution < 1.29 is 9.66 Å². The minimum atomic E-state index is -0.397. The number of ether oxygens (including phenoxy) is 1. The zero-order valence-electron chi connectivity index (χ0n) is 13.5. The Morgan fingerprint density at radius 3 is 2.58 bits per heavy atom. The Kier molecular flexibility index (Phi) is 4.85. The standard InChI is InChI=1S/C16H19N5O3/c1-2-20(13-6-4-3-5-7-13)16-14(21(22)23)15(17-12-18-16)19-8-10-24-11-9-19/h3-7,12H,2,8-11H2,1H3. The van der Waals surface area contributed by atoms with Crippen molar-refractivity contribution in [1.29, 1.82) is 0 Å². The Morgan fingerprint density at radius 2 is 1.96 bits per heavy atom. The number of rotatable bonds is 5. The predicted molar refractivity (Wildman–Crippen MR) is 90.8 cm³/mol. The summed E-state index contributed by atoms with van der Waals surface area (Å²) in [5.41, 5.74) is 0.792. The molecular formula is C16H19N5O3. The number of hydrogen-bond donors (Lipinski definition) is 0. The van der Waals surface area contributed by atoms with E-state index in [1.807, 2.05) is 47.1 Å². The molecule has 2 aromatic rings. The van der Waals surface area contributed by atoms with Crippen molar-refractivity contribution in [3.8, 4) is 0 Å². The number of anilines is 3. The fourth-order valence-electron chi connectivity index (χ4n) is 2.79. The number of para-hydroxylation sites is 1. The summed E-state index contributed by atoms with van der Waals surface area (Å²) in [6.07, 6.45) is 1.39. The second-order valence-corrected chi connectivity index (χ2v) is 5.31. The Bertz CT molecular complexity index is 704. The second-order valence-electron chi connectivity index (χ2n) is 5.31. The summed E-state index contributed by atoms with van der Waals surface area (Å²) in [6.45, 7) is 4.72. The highest BCUT2D eigenvalue weighted by Gasteiger charge is 2.30. The van der Waals surface area contributed by atoms with Crippen LogP contribution in [0.4, 0.5) is 23.0 Å². The molecule has 24 heavy (non-hydrogen) atoms. The van der Waals surface area contributed by atoms with Gasteiger partial charge in [0.05, 0.1) is 18.1 Å². The normalized spacial score (nSPS) is 14.5. The Labute approximate surface area is 139 Å². The number of nitro groups is 1. The zero-order chi connectivity index (χ0) is 16.9. The largest absolute Gasteiger partial charge is 0.378 e. The highest BCUT2D eigenvalue weighted by atomic mass is 16.6. The van der Waals surface area contributed by atoms with Gasteiger partial charge in [0, 0.05) is 25.3 Å². The fourth-order valence-corrected chi connectivity index (χ4v) is 2.79. The molecule has 0 radical (unpaired) electrons. The summed E-state index contributed by atoms with van der Waals surface area (Å²) in [6, 6.07) is 9.51. The van der Waals surface area contributed by atoms with E-state index in [4.69, 9.17) is 4.74 Å². The van der Waals surface area contributed by atoms with Crippen LogP contribution < -0.4 is 9.80 Å². The third-order valence-corrected chi connectivity index (χ3v) is 3.92. The molecule has 1 aliphatic rings. The Balaban J connectivity index is 2.08. The van der Waals surface area contributed by atoms with Gasteiger partial charge in [-0.2, -0.15) is 0 Å². The van der Waals surface area contributed by atoms with Gasteiger partial charge in [-0.25, -0.2) is 9.97 Å². The molecule has 3 rings (SSSR count). The number of benzene rings is 1. The molecule has 0 bridgehead atoms. The monoisotopic (exact) mass is 329 g/mol. The number of aromatic nitrogens is 2. The first-order valence-electron chi connectivity index (χ1n) is 7.87. The molecule has 1 aromatic heterocycles. The third kappa shape index (κ3) is 3.13. The smallest absolute Gasteiger partial charge is 0.353 e. The van der Waals surface area contributed by atoms with Crippen molar-refractivity contribution in [3.63, 3.8) is 0 Å². The summed E-state index contributed by atoms with van der Waals surface area (Å²) in [5.74, 6) is 0.660. The van der Waals surface area contributed by atoms with Crippen LogP contribution in [0.2, 0.25) is 0 Å². The molecule has 0 saturated carbocycles. The zero-order valence-corrected chi connectivity index (χ0v) is 13.5. The topological polar surface area (TPSA) is 84.6 Å². The molecular weight excluding hydrogens is 310 g/mol. The predicted octanol–water partition coefficient (Wildman–Crippen LogP) is 2.38. The maximum Gasteiger partial charge on any atom is 0.353 e. The van der Waals surface area contributed by atoms with Gasteiger partial charge in [0.1, 0.15) is 6.33 Å². The van der Waals surface area contributed by atoms with E-state index in [2.05, 4.69) is 9.97 Å². The lowest BCUT2D eigenvalue weighted by Crippen LogP contribution is -2.37. The lowest BCUT2D eigenvalue weighted by molar-refractivity contribution is -0.383. The first-order valence-corrected chi connectivity index (χ1v) is 7.87. The highest BCUT2D eigenvalue weighted by Crippen LogP contribution is 2.37. The second kappa shape index (κ2) is 7.22. The van der Waals surface area contributed by atoms with E-state index in [0.717, 1.165) is 5.69 Å². The van der Waals surface area contributed by atoms with E-state index < -0.39 is 4.92 Å². The van der Waals surface area contributed by atoms with Gasteiger partial charge in [-0.3, -0.25) is 10.1 Å². The van der Waals surface area contributed by atoms with Gasteiger partial charge in [-0.05, 0) is 19.1 Å². The number of nitrogens with zero attached hydrogens (tertiary/aromatic N) is 5. The molecule has 8 nitrogen and oxygen atoms in total. The van der Waals surface area contributed by atoms with Crippen LogP contribution in [0.25, 0.3) is 0 Å². The van der Waals surface area contributed by atoms with Gasteiger partial charge in [0.25, 0.3) is 0 Å². The van der Waals surface area contributed by atoms with Gasteiger partial charge < -0.3 is 14.5 Å². The molecule has 1 aromatic carbocycles. The van der Waals surface area contributed by atoms with Gasteiger partial charge in [-0.15, -0.1) is 0 Å². The van der Waals surface area contributed by atoms with Crippen LogP contribution in [0.3, 0.4) is 0 Å². The van der Waals surface area contributed by atoms with E-state index in [9.17, 15) is 10.1 Å². The average Bonchev–Trinajstić information content (AvgIpc) is 2.63. The summed E-state index contributed by atoms with van der Waals surface area (Å²) < 4.78 is 5.32.